The van der Waals surface area contributed by atoms with Gasteiger partial charge in [-0.15, -0.1) is 39.3 Å². The molecule has 0 aliphatic heterocycles. The Morgan fingerprint density at radius 2 is 0.667 bits per heavy atom. The second-order valence-electron chi connectivity index (χ2n) is 12.5. The number of hydrogen-bond acceptors (Lipinski definition) is 0. The summed E-state index contributed by atoms with van der Waals surface area (Å²) in [4.78, 5) is 0. The molecule has 1 aromatic rings. The van der Waals surface area contributed by atoms with Crippen molar-refractivity contribution in [3.05, 3.63) is 40.2 Å². The van der Waals surface area contributed by atoms with E-state index in [1.807, 2.05) is 0 Å². The normalized spacial score (nSPS) is 10.8. The van der Waals surface area contributed by atoms with Crippen LogP contribution >= 0.6 is 0 Å². The summed E-state index contributed by atoms with van der Waals surface area (Å²) in [6.07, 6.45) is 0. The van der Waals surface area contributed by atoms with Gasteiger partial charge in [0.25, 0.3) is 0 Å². The molecule has 0 bridgehead atoms. The zero-order valence-corrected chi connectivity index (χ0v) is 33.0. The molecule has 0 aliphatic carbocycles. The van der Waals surface area contributed by atoms with Crippen LogP contribution in [0, 0.1) is 35.5 Å². The van der Waals surface area contributed by atoms with Crippen LogP contribution in [0.4, 0.5) is 0 Å². The zero-order chi connectivity index (χ0) is 27.8. The van der Waals surface area contributed by atoms with Gasteiger partial charge in [-0.3, -0.25) is 0 Å². The Hall–Kier alpha value is 0.643. The molecule has 0 radical (unpaired) electrons. The van der Waals surface area contributed by atoms with Crippen molar-refractivity contribution in [3.63, 3.8) is 0 Å². The molecular formula is C31H65GeHfN3. The molecule has 1 aromatic carbocycles. The summed E-state index contributed by atoms with van der Waals surface area (Å²) in [6, 6.07) is 8.73. The molecule has 0 fully saturated rings. The predicted molar refractivity (Wildman–Crippen MR) is 169 cm³/mol. The van der Waals surface area contributed by atoms with Crippen molar-refractivity contribution in [2.75, 3.05) is 39.3 Å². The molecule has 0 saturated heterocycles. The molecule has 0 aromatic heterocycles. The smallest absolute Gasteiger partial charge is 4.00 e. The van der Waals surface area contributed by atoms with E-state index in [-0.39, 0.29) is 25.8 Å². The van der Waals surface area contributed by atoms with Crippen molar-refractivity contribution in [3.8, 4) is 0 Å². The van der Waals surface area contributed by atoms with Gasteiger partial charge in [0, 0.05) is 0 Å². The van der Waals surface area contributed by atoms with E-state index >= 15 is 0 Å². The van der Waals surface area contributed by atoms with E-state index in [9.17, 15) is 0 Å². The molecule has 212 valence electrons. The van der Waals surface area contributed by atoms with Gasteiger partial charge in [0.05, 0.1) is 0 Å². The Morgan fingerprint density at radius 3 is 0.778 bits per heavy atom. The van der Waals surface area contributed by atoms with Crippen LogP contribution in [0.15, 0.2) is 24.3 Å². The Balaban J connectivity index is -0.000000188. The first-order valence-corrected chi connectivity index (χ1v) is 20.4. The maximum atomic E-state index is 4.37. The molecule has 3 nitrogen and oxygen atoms in total. The Labute approximate surface area is 252 Å². The molecule has 0 amide bonds. The Kier molecular flexibility index (Phi) is 36.6. The van der Waals surface area contributed by atoms with Crippen molar-refractivity contribution in [2.45, 2.75) is 94.6 Å². The van der Waals surface area contributed by atoms with Crippen LogP contribution in [0.5, 0.6) is 0 Å². The fourth-order valence-electron chi connectivity index (χ4n) is 2.55. The largest absolute Gasteiger partial charge is 4.00 e. The van der Waals surface area contributed by atoms with Crippen LogP contribution < -0.4 is 4.40 Å². The monoisotopic (exact) mass is 733 g/mol. The van der Waals surface area contributed by atoms with Gasteiger partial charge < -0.3 is 16.0 Å². The summed E-state index contributed by atoms with van der Waals surface area (Å²) < 4.78 is 1.62. The van der Waals surface area contributed by atoms with Gasteiger partial charge in [-0.1, -0.05) is 119 Å². The average Bonchev–Trinajstić information content (AvgIpc) is 3.23. The zero-order valence-electron chi connectivity index (χ0n) is 26.9. The maximum absolute atomic E-state index is 4.37. The third kappa shape index (κ3) is 44.6. The van der Waals surface area contributed by atoms with Crippen molar-refractivity contribution in [1.82, 2.24) is 0 Å². The first kappa shape index (κ1) is 43.7. The summed E-state index contributed by atoms with van der Waals surface area (Å²) in [5.41, 5.74) is 0. The van der Waals surface area contributed by atoms with Crippen LogP contribution in [0.3, 0.4) is 0 Å². The minimum absolute atomic E-state index is 0. The molecule has 0 atom stereocenters. The fourth-order valence-corrected chi connectivity index (χ4v) is 4.63. The van der Waals surface area contributed by atoms with E-state index in [1.54, 1.807) is 4.40 Å². The second kappa shape index (κ2) is 30.2. The van der Waals surface area contributed by atoms with Crippen LogP contribution in [0.25, 0.3) is 16.0 Å². The minimum Gasteiger partial charge on any atom is 4.00 e. The summed E-state index contributed by atoms with van der Waals surface area (Å²) in [5.74, 6) is 9.14. The average molecular weight is 731 g/mol. The standard InChI is InChI=1S/3C8H18N.C7H11Ge.Hf/c3*1-7(2)5-9-6-8(3)4;1-8(2)7-5-3-4-6-7;/h3*7-8H,5-6H2,1-4H3;3-6,8H,1-2H3;/q4*-1;+4. The molecule has 0 aliphatic rings. The molecule has 36 heavy (non-hydrogen) atoms. The first-order valence-electron chi connectivity index (χ1n) is 14.3. The summed E-state index contributed by atoms with van der Waals surface area (Å²) in [7, 11) is 0. The van der Waals surface area contributed by atoms with Gasteiger partial charge in [0.2, 0.25) is 0 Å². The van der Waals surface area contributed by atoms with Gasteiger partial charge >= 0.3 is 80.4 Å². The van der Waals surface area contributed by atoms with Gasteiger partial charge in [0.15, 0.2) is 0 Å². The van der Waals surface area contributed by atoms with Gasteiger partial charge in [-0.2, -0.15) is 0 Å². The van der Waals surface area contributed by atoms with Crippen LogP contribution in [0.1, 0.15) is 83.1 Å². The number of rotatable bonds is 13. The number of nitrogens with zero attached hydrogens (tertiary/aromatic N) is 3. The van der Waals surface area contributed by atoms with E-state index in [2.05, 4.69) is 135 Å². The SMILES string of the molecule is CC(C)C[N-]CC(C)C.CC(C)C[N-]CC(C)C.CC(C)C[N-]CC(C)C.[CH3][GeH]([CH3])[c-]1cccc1.[Hf+4]. The van der Waals surface area contributed by atoms with E-state index in [0.717, 1.165) is 74.8 Å². The van der Waals surface area contributed by atoms with Crippen molar-refractivity contribution >= 4 is 18.7 Å². The quantitative estimate of drug-likeness (QED) is 0.144. The van der Waals surface area contributed by atoms with Crippen molar-refractivity contribution in [1.29, 1.82) is 0 Å². The van der Waals surface area contributed by atoms with Crippen molar-refractivity contribution < 1.29 is 25.8 Å². The van der Waals surface area contributed by atoms with Gasteiger partial charge in [-0.05, 0) is 0 Å². The van der Waals surface area contributed by atoms with Crippen molar-refractivity contribution in [2.24, 2.45) is 35.5 Å². The summed E-state index contributed by atoms with van der Waals surface area (Å²) in [6.45, 7) is 32.5. The predicted octanol–water partition coefficient (Wildman–Crippen LogP) is 9.11. The van der Waals surface area contributed by atoms with E-state index in [1.165, 1.54) is 0 Å². The van der Waals surface area contributed by atoms with Crippen LogP contribution in [0.2, 0.25) is 11.5 Å². The molecule has 0 saturated carbocycles. The molecule has 1 rings (SSSR count). The topological polar surface area (TPSA) is 42.3 Å². The molecule has 0 heterocycles. The molecule has 5 heteroatoms. The first-order chi connectivity index (χ1) is 16.2. The molecule has 0 unspecified atom stereocenters. The van der Waals surface area contributed by atoms with E-state index in [4.69, 9.17) is 0 Å². The van der Waals surface area contributed by atoms with E-state index < -0.39 is 14.3 Å². The van der Waals surface area contributed by atoms with Crippen LogP contribution in [-0.4, -0.2) is 53.6 Å². The number of hydrogen-bond donors (Lipinski definition) is 0. The van der Waals surface area contributed by atoms with Crippen LogP contribution in [-0.2, 0) is 25.8 Å². The summed E-state index contributed by atoms with van der Waals surface area (Å²) in [5, 5.41) is 13.1. The second-order valence-corrected chi connectivity index (χ2v) is 18.7. The Morgan fingerprint density at radius 1 is 0.472 bits per heavy atom. The molecule has 0 spiro atoms. The Bertz CT molecular complexity index is 431. The van der Waals surface area contributed by atoms with Gasteiger partial charge in [0.1, 0.15) is 0 Å². The maximum Gasteiger partial charge on any atom is 4.00 e. The minimum atomic E-state index is -0.888. The third-order valence-electron chi connectivity index (χ3n) is 4.32. The summed E-state index contributed by atoms with van der Waals surface area (Å²) >= 11 is -0.888. The molecule has 0 N–H and O–H groups in total. The van der Waals surface area contributed by atoms with E-state index in [0.29, 0.717) is 0 Å². The fraction of sp³-hybridized carbons (Fsp3) is 0.839. The third-order valence-corrected chi connectivity index (χ3v) is 7.93. The molecular weight excluding hydrogens is 665 g/mol. The van der Waals surface area contributed by atoms with Gasteiger partial charge in [-0.25, -0.2) is 0 Å².